The maximum Gasteiger partial charge on any atom is 0.504 e. The zero-order valence-corrected chi connectivity index (χ0v) is 6.91. The molecule has 0 amide bonds. The van der Waals surface area contributed by atoms with Gasteiger partial charge in [-0.15, -0.1) is 0 Å². The molecule has 3 nitrogen and oxygen atoms in total. The Bertz CT molecular complexity index is 272. The van der Waals surface area contributed by atoms with Crippen molar-refractivity contribution in [3.63, 3.8) is 0 Å². The number of hydrogen-bond acceptors (Lipinski definition) is 3. The first-order chi connectivity index (χ1) is 5.74. The van der Waals surface area contributed by atoms with E-state index in [2.05, 4.69) is 0 Å². The molecule has 0 spiro atoms. The summed E-state index contributed by atoms with van der Waals surface area (Å²) >= 11 is 5.20. The summed E-state index contributed by atoms with van der Waals surface area (Å²) in [5.74, 6) is 0.499. The Kier molecular flexibility index (Phi) is 3.14. The van der Waals surface area contributed by atoms with E-state index < -0.39 is 5.24 Å². The monoisotopic (exact) mass is 184 g/mol. The lowest BCUT2D eigenvalue weighted by molar-refractivity contribution is 0.108. The van der Waals surface area contributed by atoms with Crippen LogP contribution in [0.1, 0.15) is 10.4 Å². The minimum Gasteiger partial charge on any atom is -0.539 e. The summed E-state index contributed by atoms with van der Waals surface area (Å²) < 4.78 is 4.74. The number of rotatable bonds is 3. The van der Waals surface area contributed by atoms with Crippen LogP contribution in [-0.4, -0.2) is 18.0 Å². The lowest BCUT2D eigenvalue weighted by Gasteiger charge is -2.00. The fraction of sp³-hybridized carbons (Fsp3) is 0. The predicted molar refractivity (Wildman–Crippen MR) is 46.6 cm³/mol. The van der Waals surface area contributed by atoms with E-state index in [1.807, 2.05) is 0 Å². The first-order valence-electron chi connectivity index (χ1n) is 3.27. The molecular formula is C7H6BClO3. The van der Waals surface area contributed by atoms with Crippen LogP contribution in [0.3, 0.4) is 0 Å². The van der Waals surface area contributed by atoms with Crippen molar-refractivity contribution >= 4 is 24.5 Å². The van der Waals surface area contributed by atoms with E-state index in [0.717, 1.165) is 0 Å². The van der Waals surface area contributed by atoms with Crippen LogP contribution < -0.4 is 4.65 Å². The molecule has 0 unspecified atom stereocenters. The molecule has 0 bridgehead atoms. The summed E-state index contributed by atoms with van der Waals surface area (Å²) in [5.41, 5.74) is 0.405. The largest absolute Gasteiger partial charge is 0.539 e. The van der Waals surface area contributed by atoms with E-state index in [1.165, 1.54) is 12.1 Å². The second-order valence-corrected chi connectivity index (χ2v) is 2.41. The van der Waals surface area contributed by atoms with Gasteiger partial charge in [0.15, 0.2) is 0 Å². The molecule has 0 saturated carbocycles. The van der Waals surface area contributed by atoms with Crippen LogP contribution in [0.2, 0.25) is 0 Å². The summed E-state index contributed by atoms with van der Waals surface area (Å²) in [7, 11) is -0.381. The zero-order valence-electron chi connectivity index (χ0n) is 6.16. The number of benzene rings is 1. The fourth-order valence-corrected chi connectivity index (χ4v) is 0.883. The van der Waals surface area contributed by atoms with Gasteiger partial charge < -0.3 is 9.68 Å². The summed E-state index contributed by atoms with van der Waals surface area (Å²) in [6.45, 7) is 0. The van der Waals surface area contributed by atoms with Gasteiger partial charge in [-0.2, -0.15) is 0 Å². The van der Waals surface area contributed by atoms with E-state index in [9.17, 15) is 4.79 Å². The molecule has 1 aromatic rings. The van der Waals surface area contributed by atoms with Crippen molar-refractivity contribution in [3.8, 4) is 5.75 Å². The molecule has 1 N–H and O–H groups in total. The summed E-state index contributed by atoms with van der Waals surface area (Å²) in [5, 5.41) is 7.87. The van der Waals surface area contributed by atoms with Crippen molar-refractivity contribution in [2.24, 2.45) is 0 Å². The van der Waals surface area contributed by atoms with E-state index in [1.54, 1.807) is 12.1 Å². The van der Waals surface area contributed by atoms with Gasteiger partial charge in [-0.05, 0) is 35.9 Å². The van der Waals surface area contributed by atoms with E-state index >= 15 is 0 Å². The van der Waals surface area contributed by atoms with Crippen molar-refractivity contribution in [1.82, 2.24) is 0 Å². The van der Waals surface area contributed by atoms with Gasteiger partial charge in [-0.3, -0.25) is 4.79 Å². The molecule has 1 rings (SSSR count). The highest BCUT2D eigenvalue weighted by molar-refractivity contribution is 6.67. The lowest BCUT2D eigenvalue weighted by atomic mass is 10.2. The third-order valence-corrected chi connectivity index (χ3v) is 1.53. The Morgan fingerprint density at radius 1 is 1.42 bits per heavy atom. The maximum absolute atomic E-state index is 10.6. The minimum absolute atomic E-state index is 0.381. The van der Waals surface area contributed by atoms with Crippen LogP contribution in [0, 0.1) is 0 Å². The molecule has 0 aliphatic rings. The minimum atomic E-state index is -0.509. The van der Waals surface area contributed by atoms with Crippen molar-refractivity contribution < 1.29 is 14.5 Å². The third-order valence-electron chi connectivity index (χ3n) is 1.31. The van der Waals surface area contributed by atoms with Gasteiger partial charge >= 0.3 is 7.69 Å². The van der Waals surface area contributed by atoms with E-state index in [-0.39, 0.29) is 7.69 Å². The molecule has 0 saturated heterocycles. The van der Waals surface area contributed by atoms with Crippen LogP contribution >= 0.6 is 11.6 Å². The van der Waals surface area contributed by atoms with Gasteiger partial charge in [-0.1, -0.05) is 0 Å². The molecule has 62 valence electrons. The molecule has 0 aliphatic heterocycles. The topological polar surface area (TPSA) is 46.5 Å². The molecule has 5 heteroatoms. The smallest absolute Gasteiger partial charge is 0.504 e. The molecule has 12 heavy (non-hydrogen) atoms. The van der Waals surface area contributed by atoms with Crippen LogP contribution in [0.4, 0.5) is 0 Å². The summed E-state index contributed by atoms with van der Waals surface area (Å²) in [6, 6.07) is 6.18. The van der Waals surface area contributed by atoms with E-state index in [4.69, 9.17) is 21.3 Å². The van der Waals surface area contributed by atoms with Gasteiger partial charge in [0.25, 0.3) is 5.24 Å². The summed E-state index contributed by atoms with van der Waals surface area (Å²) in [6.07, 6.45) is 0. The fourth-order valence-electron chi connectivity index (χ4n) is 0.757. The Morgan fingerprint density at radius 3 is 2.42 bits per heavy atom. The quantitative estimate of drug-likeness (QED) is 0.556. The molecule has 0 radical (unpaired) electrons. The van der Waals surface area contributed by atoms with E-state index in [0.29, 0.717) is 11.3 Å². The molecule has 0 fully saturated rings. The second-order valence-electron chi connectivity index (χ2n) is 2.07. The second kappa shape index (κ2) is 4.14. The first-order valence-corrected chi connectivity index (χ1v) is 3.65. The first kappa shape index (κ1) is 9.10. The van der Waals surface area contributed by atoms with Crippen LogP contribution in [-0.2, 0) is 0 Å². The number of carbonyl (C=O) groups excluding carboxylic acids is 1. The Hall–Kier alpha value is -0.995. The molecule has 0 aromatic heterocycles. The molecule has 0 atom stereocenters. The van der Waals surface area contributed by atoms with Gasteiger partial charge in [0.2, 0.25) is 0 Å². The highest BCUT2D eigenvalue weighted by Gasteiger charge is 2.00. The number of carbonyl (C=O) groups is 1. The molecule has 0 aliphatic carbocycles. The average molecular weight is 184 g/mol. The van der Waals surface area contributed by atoms with Gasteiger partial charge in [0.05, 0.1) is 0 Å². The predicted octanol–water partition coefficient (Wildman–Crippen LogP) is 0.703. The SMILES string of the molecule is O=C(Cl)c1ccc(OBO)cc1. The standard InChI is InChI=1S/C7H6BClO3/c9-7(10)5-1-3-6(4-2-5)12-8-11/h1-4,8,11H. The molecule has 0 heterocycles. The van der Waals surface area contributed by atoms with Gasteiger partial charge in [0.1, 0.15) is 5.75 Å². The zero-order chi connectivity index (χ0) is 8.97. The highest BCUT2D eigenvalue weighted by Crippen LogP contribution is 2.12. The van der Waals surface area contributed by atoms with Crippen molar-refractivity contribution in [2.45, 2.75) is 0 Å². The Morgan fingerprint density at radius 2 is 2.00 bits per heavy atom. The number of hydrogen-bond donors (Lipinski definition) is 1. The average Bonchev–Trinajstić information content (AvgIpc) is 2.06. The van der Waals surface area contributed by atoms with Crippen LogP contribution in [0.25, 0.3) is 0 Å². The highest BCUT2D eigenvalue weighted by atomic mass is 35.5. The maximum atomic E-state index is 10.6. The van der Waals surface area contributed by atoms with Gasteiger partial charge in [0, 0.05) is 5.56 Å². The molecule has 1 aromatic carbocycles. The van der Waals surface area contributed by atoms with Crippen LogP contribution in [0.15, 0.2) is 24.3 Å². The molecular weight excluding hydrogens is 178 g/mol. The third kappa shape index (κ3) is 2.25. The number of halogens is 1. The normalized spacial score (nSPS) is 9.17. The van der Waals surface area contributed by atoms with Crippen molar-refractivity contribution in [1.29, 1.82) is 0 Å². The van der Waals surface area contributed by atoms with Crippen molar-refractivity contribution in [3.05, 3.63) is 29.8 Å². The lowest BCUT2D eigenvalue weighted by Crippen LogP contribution is -1.99. The summed E-state index contributed by atoms with van der Waals surface area (Å²) in [4.78, 5) is 10.6. The Labute approximate surface area is 75.2 Å². The van der Waals surface area contributed by atoms with Crippen LogP contribution in [0.5, 0.6) is 5.75 Å². The van der Waals surface area contributed by atoms with Gasteiger partial charge in [-0.25, -0.2) is 0 Å². The van der Waals surface area contributed by atoms with Crippen molar-refractivity contribution in [2.75, 3.05) is 0 Å². The Balaban J connectivity index is 2.78.